The van der Waals surface area contributed by atoms with Gasteiger partial charge in [-0.2, -0.15) is 0 Å². The van der Waals surface area contributed by atoms with Gasteiger partial charge in [0.2, 0.25) is 0 Å². The van der Waals surface area contributed by atoms with E-state index in [0.29, 0.717) is 19.8 Å². The van der Waals surface area contributed by atoms with E-state index in [1.165, 1.54) is 4.88 Å². The summed E-state index contributed by atoms with van der Waals surface area (Å²) in [6, 6.07) is 8.00. The van der Waals surface area contributed by atoms with E-state index >= 15 is 0 Å². The Bertz CT molecular complexity index is 677. The molecule has 0 saturated heterocycles. The Labute approximate surface area is 182 Å². The molecule has 0 bridgehead atoms. The molecule has 0 radical (unpaired) electrons. The molecule has 6 nitrogen and oxygen atoms in total. The highest BCUT2D eigenvalue weighted by atomic mass is 127. The number of benzene rings is 1. The van der Waals surface area contributed by atoms with Gasteiger partial charge in [0.05, 0.1) is 18.2 Å². The summed E-state index contributed by atoms with van der Waals surface area (Å²) in [5.41, 5.74) is 1.14. The highest BCUT2D eigenvalue weighted by Gasteiger charge is 2.01. The third-order valence-corrected chi connectivity index (χ3v) is 4.52. The summed E-state index contributed by atoms with van der Waals surface area (Å²) in [6.07, 6.45) is 2.82. The largest absolute Gasteiger partial charge is 0.491 e. The summed E-state index contributed by atoms with van der Waals surface area (Å²) in [5.74, 6) is 1.67. The number of rotatable bonds is 10. The zero-order valence-corrected chi connectivity index (χ0v) is 19.3. The van der Waals surface area contributed by atoms with Crippen LogP contribution in [0.2, 0.25) is 0 Å². The van der Waals surface area contributed by atoms with Gasteiger partial charge in [0.25, 0.3) is 0 Å². The molecule has 2 aromatic rings. The van der Waals surface area contributed by atoms with Crippen molar-refractivity contribution in [2.24, 2.45) is 4.99 Å². The fraction of sp³-hybridized carbons (Fsp3) is 0.474. The lowest BCUT2D eigenvalue weighted by Gasteiger charge is -2.11. The van der Waals surface area contributed by atoms with Crippen LogP contribution in [-0.2, 0) is 17.7 Å². The van der Waals surface area contributed by atoms with Crippen molar-refractivity contribution in [3.05, 3.63) is 45.9 Å². The molecular formula is C19H29IN4O2S. The van der Waals surface area contributed by atoms with Gasteiger partial charge < -0.3 is 20.1 Å². The number of methoxy groups -OCH3 is 1. The second-order valence-electron chi connectivity index (χ2n) is 5.72. The van der Waals surface area contributed by atoms with Crippen LogP contribution in [0.1, 0.15) is 22.4 Å². The third kappa shape index (κ3) is 9.39. The predicted octanol–water partition coefficient (Wildman–Crippen LogP) is 3.39. The zero-order chi connectivity index (χ0) is 18.6. The van der Waals surface area contributed by atoms with E-state index < -0.39 is 0 Å². The van der Waals surface area contributed by atoms with Gasteiger partial charge in [-0.1, -0.05) is 12.1 Å². The fourth-order valence-electron chi connectivity index (χ4n) is 2.25. The van der Waals surface area contributed by atoms with Crippen LogP contribution in [-0.4, -0.2) is 44.4 Å². The molecule has 0 atom stereocenters. The zero-order valence-electron chi connectivity index (χ0n) is 16.2. The number of aliphatic imine (C=N–C) groups is 1. The molecule has 0 fully saturated rings. The molecule has 1 aromatic heterocycles. The van der Waals surface area contributed by atoms with Crippen molar-refractivity contribution in [2.45, 2.75) is 26.8 Å². The van der Waals surface area contributed by atoms with Crippen molar-refractivity contribution in [3.63, 3.8) is 0 Å². The Balaban J connectivity index is 0.00000364. The van der Waals surface area contributed by atoms with Crippen molar-refractivity contribution in [2.75, 3.05) is 33.4 Å². The molecular weight excluding hydrogens is 475 g/mol. The van der Waals surface area contributed by atoms with Gasteiger partial charge in [0, 0.05) is 37.7 Å². The number of guanidine groups is 1. The maximum atomic E-state index is 5.57. The molecule has 0 aliphatic heterocycles. The summed E-state index contributed by atoms with van der Waals surface area (Å²) < 4.78 is 10.5. The summed E-state index contributed by atoms with van der Waals surface area (Å²) in [5, 5.41) is 7.78. The molecule has 1 aromatic carbocycles. The van der Waals surface area contributed by atoms with E-state index in [0.717, 1.165) is 41.8 Å². The lowest BCUT2D eigenvalue weighted by molar-refractivity contribution is 0.146. The van der Waals surface area contributed by atoms with E-state index in [-0.39, 0.29) is 24.0 Å². The highest BCUT2D eigenvalue weighted by Crippen LogP contribution is 2.13. The fourth-order valence-corrected chi connectivity index (χ4v) is 3.04. The van der Waals surface area contributed by atoms with Crippen LogP contribution in [0.5, 0.6) is 5.75 Å². The molecule has 0 spiro atoms. The van der Waals surface area contributed by atoms with Crippen LogP contribution < -0.4 is 15.4 Å². The van der Waals surface area contributed by atoms with Crippen LogP contribution in [0.3, 0.4) is 0 Å². The number of nitrogens with zero attached hydrogens (tertiary/aromatic N) is 2. The van der Waals surface area contributed by atoms with E-state index in [9.17, 15) is 0 Å². The van der Waals surface area contributed by atoms with Crippen molar-refractivity contribution < 1.29 is 9.47 Å². The number of aryl methyl sites for hydroxylation is 1. The third-order valence-electron chi connectivity index (χ3n) is 3.54. The summed E-state index contributed by atoms with van der Waals surface area (Å²) in [6.45, 7) is 7.54. The number of ether oxygens (including phenoxy) is 2. The van der Waals surface area contributed by atoms with Gasteiger partial charge in [-0.25, -0.2) is 9.98 Å². The van der Waals surface area contributed by atoms with Gasteiger partial charge in [0.1, 0.15) is 12.4 Å². The van der Waals surface area contributed by atoms with Gasteiger partial charge in [0.15, 0.2) is 5.96 Å². The maximum absolute atomic E-state index is 5.57. The molecule has 0 aliphatic rings. The van der Waals surface area contributed by atoms with Crippen molar-refractivity contribution in [3.8, 4) is 5.75 Å². The minimum atomic E-state index is 0. The topological polar surface area (TPSA) is 67.8 Å². The minimum Gasteiger partial charge on any atom is -0.491 e. The molecule has 2 rings (SSSR count). The normalized spacial score (nSPS) is 11.0. The Morgan fingerprint density at radius 2 is 1.96 bits per heavy atom. The lowest BCUT2D eigenvalue weighted by Crippen LogP contribution is -2.38. The quantitative estimate of drug-likeness (QED) is 0.225. The summed E-state index contributed by atoms with van der Waals surface area (Å²) in [4.78, 5) is 10.3. The SMILES string of the molecule is CCNC(=NCc1ccc(OCCOC)cc1)NCCc1ncc(C)s1.I. The molecule has 0 saturated carbocycles. The van der Waals surface area contributed by atoms with E-state index in [4.69, 9.17) is 9.47 Å². The first-order valence-electron chi connectivity index (χ1n) is 8.85. The van der Waals surface area contributed by atoms with Gasteiger partial charge in [-0.05, 0) is 31.5 Å². The molecule has 0 amide bonds. The smallest absolute Gasteiger partial charge is 0.191 e. The standard InChI is InChI=1S/C19H28N4O2S.HI/c1-4-20-19(21-10-9-18-22-13-15(2)26-18)23-14-16-5-7-17(8-6-16)25-12-11-24-3;/h5-8,13H,4,9-12,14H2,1-3H3,(H2,20,21,23);1H. The first-order valence-corrected chi connectivity index (χ1v) is 9.67. The van der Waals surface area contributed by atoms with Gasteiger partial charge >= 0.3 is 0 Å². The Kier molecular flexibility index (Phi) is 12.0. The Morgan fingerprint density at radius 3 is 2.59 bits per heavy atom. The average molecular weight is 504 g/mol. The minimum absolute atomic E-state index is 0. The van der Waals surface area contributed by atoms with Crippen LogP contribution in [0.4, 0.5) is 0 Å². The van der Waals surface area contributed by atoms with E-state index in [1.54, 1.807) is 18.4 Å². The average Bonchev–Trinajstić information content (AvgIpc) is 3.06. The van der Waals surface area contributed by atoms with E-state index in [1.807, 2.05) is 30.5 Å². The molecule has 0 aliphatic carbocycles. The number of halogens is 1. The van der Waals surface area contributed by atoms with Gasteiger partial charge in [-0.3, -0.25) is 0 Å². The molecule has 2 N–H and O–H groups in total. The number of hydrogen-bond acceptors (Lipinski definition) is 5. The van der Waals surface area contributed by atoms with Crippen molar-refractivity contribution in [1.82, 2.24) is 15.6 Å². The summed E-state index contributed by atoms with van der Waals surface area (Å²) >= 11 is 1.74. The Hall–Kier alpha value is -1.39. The monoisotopic (exact) mass is 504 g/mol. The second-order valence-corrected chi connectivity index (χ2v) is 7.04. The van der Waals surface area contributed by atoms with Crippen LogP contribution in [0, 0.1) is 6.92 Å². The molecule has 27 heavy (non-hydrogen) atoms. The molecule has 150 valence electrons. The van der Waals surface area contributed by atoms with Gasteiger partial charge in [-0.15, -0.1) is 35.3 Å². The van der Waals surface area contributed by atoms with Crippen molar-refractivity contribution in [1.29, 1.82) is 0 Å². The molecule has 1 heterocycles. The van der Waals surface area contributed by atoms with Crippen LogP contribution in [0.25, 0.3) is 0 Å². The van der Waals surface area contributed by atoms with Crippen molar-refractivity contribution >= 4 is 41.3 Å². The van der Waals surface area contributed by atoms with E-state index in [2.05, 4.69) is 34.5 Å². The highest BCUT2D eigenvalue weighted by molar-refractivity contribution is 14.0. The molecule has 8 heteroatoms. The molecule has 0 unspecified atom stereocenters. The number of nitrogens with one attached hydrogen (secondary N) is 2. The number of thiazole rings is 1. The predicted molar refractivity (Wildman–Crippen MR) is 123 cm³/mol. The Morgan fingerprint density at radius 1 is 1.19 bits per heavy atom. The van der Waals surface area contributed by atoms with Crippen LogP contribution >= 0.6 is 35.3 Å². The van der Waals surface area contributed by atoms with Crippen LogP contribution in [0.15, 0.2) is 35.5 Å². The lowest BCUT2D eigenvalue weighted by atomic mass is 10.2. The first-order chi connectivity index (χ1) is 12.7. The first kappa shape index (κ1) is 23.6. The number of hydrogen-bond donors (Lipinski definition) is 2. The maximum Gasteiger partial charge on any atom is 0.191 e. The summed E-state index contributed by atoms with van der Waals surface area (Å²) in [7, 11) is 1.67. The second kappa shape index (κ2) is 13.7. The number of aromatic nitrogens is 1.